The summed E-state index contributed by atoms with van der Waals surface area (Å²) in [6.07, 6.45) is 5.53. The van der Waals surface area contributed by atoms with Gasteiger partial charge in [-0.15, -0.1) is 0 Å². The van der Waals surface area contributed by atoms with E-state index in [-0.39, 0.29) is 11.7 Å². The van der Waals surface area contributed by atoms with E-state index in [2.05, 4.69) is 15.3 Å². The minimum Gasteiger partial charge on any atom is -0.356 e. The highest BCUT2D eigenvalue weighted by Crippen LogP contribution is 2.27. The van der Waals surface area contributed by atoms with Gasteiger partial charge in [-0.2, -0.15) is 0 Å². The number of carbonyl (C=O) groups excluding carboxylic acids is 1. The highest BCUT2D eigenvalue weighted by molar-refractivity contribution is 5.91. The maximum absolute atomic E-state index is 14.0. The number of pyridine rings is 1. The molecule has 0 saturated heterocycles. The summed E-state index contributed by atoms with van der Waals surface area (Å²) in [6, 6.07) is 7.08. The number of halogens is 1. The van der Waals surface area contributed by atoms with Gasteiger partial charge >= 0.3 is 0 Å². The molecule has 0 aliphatic carbocycles. The summed E-state index contributed by atoms with van der Waals surface area (Å²) >= 11 is 0. The van der Waals surface area contributed by atoms with Crippen molar-refractivity contribution in [2.45, 2.75) is 27.2 Å². The van der Waals surface area contributed by atoms with E-state index in [0.29, 0.717) is 18.5 Å². The van der Waals surface area contributed by atoms with Crippen LogP contribution in [-0.2, 0) is 11.2 Å². The van der Waals surface area contributed by atoms with Crippen molar-refractivity contribution < 1.29 is 9.18 Å². The molecule has 0 spiro atoms. The Morgan fingerprint density at radius 1 is 1.27 bits per heavy atom. The van der Waals surface area contributed by atoms with Gasteiger partial charge in [-0.25, -0.2) is 4.39 Å². The van der Waals surface area contributed by atoms with Crippen LogP contribution >= 0.6 is 0 Å². The van der Waals surface area contributed by atoms with Gasteiger partial charge in [0, 0.05) is 29.9 Å². The molecule has 0 bridgehead atoms. The van der Waals surface area contributed by atoms with Crippen LogP contribution in [0.15, 0.2) is 36.5 Å². The Morgan fingerprint density at radius 2 is 2.08 bits per heavy atom. The number of nitrogens with one attached hydrogen (secondary N) is 2. The van der Waals surface area contributed by atoms with E-state index in [1.807, 2.05) is 32.9 Å². The van der Waals surface area contributed by atoms with Crippen LogP contribution < -0.4 is 5.32 Å². The summed E-state index contributed by atoms with van der Waals surface area (Å²) in [4.78, 5) is 19.3. The van der Waals surface area contributed by atoms with E-state index >= 15 is 0 Å². The second-order valence-electron chi connectivity index (χ2n) is 6.48. The van der Waals surface area contributed by atoms with Gasteiger partial charge in [0.25, 0.3) is 0 Å². The lowest BCUT2D eigenvalue weighted by atomic mass is 10.0. The number of benzene rings is 1. The first kappa shape index (κ1) is 17.9. The third-order valence-electron chi connectivity index (χ3n) is 4.45. The van der Waals surface area contributed by atoms with E-state index in [9.17, 15) is 9.18 Å². The molecule has 0 saturated carbocycles. The summed E-state index contributed by atoms with van der Waals surface area (Å²) in [5.74, 6) is -0.425. The molecule has 1 amide bonds. The van der Waals surface area contributed by atoms with Crippen LogP contribution in [0.25, 0.3) is 17.0 Å². The van der Waals surface area contributed by atoms with Gasteiger partial charge in [-0.3, -0.25) is 9.78 Å². The molecular formula is C21H22FN3O. The maximum atomic E-state index is 14.0. The molecule has 0 atom stereocenters. The largest absolute Gasteiger partial charge is 0.356 e. The van der Waals surface area contributed by atoms with Gasteiger partial charge in [0.2, 0.25) is 5.91 Å². The summed E-state index contributed by atoms with van der Waals surface area (Å²) < 4.78 is 14.0. The third-order valence-corrected chi connectivity index (χ3v) is 4.45. The Hall–Kier alpha value is -2.95. The molecule has 3 aromatic rings. The van der Waals surface area contributed by atoms with Gasteiger partial charge in [0.15, 0.2) is 0 Å². The predicted octanol–water partition coefficient (Wildman–Crippen LogP) is 4.00. The number of aromatic nitrogens is 2. The van der Waals surface area contributed by atoms with Crippen LogP contribution in [-0.4, -0.2) is 22.4 Å². The van der Waals surface area contributed by atoms with Crippen molar-refractivity contribution in [2.24, 2.45) is 0 Å². The second kappa shape index (κ2) is 7.52. The number of carbonyl (C=O) groups is 1. The van der Waals surface area contributed by atoms with Gasteiger partial charge in [-0.1, -0.05) is 6.07 Å². The number of hydrogen-bond donors (Lipinski definition) is 2. The Morgan fingerprint density at radius 3 is 2.85 bits per heavy atom. The highest BCUT2D eigenvalue weighted by atomic mass is 19.1. The number of nitrogens with zero attached hydrogens (tertiary/aromatic N) is 1. The lowest BCUT2D eigenvalue weighted by Crippen LogP contribution is -2.23. The van der Waals surface area contributed by atoms with Crippen LogP contribution in [0.2, 0.25) is 0 Å². The monoisotopic (exact) mass is 351 g/mol. The van der Waals surface area contributed by atoms with E-state index in [1.54, 1.807) is 18.3 Å². The Bertz CT molecular complexity index is 988. The van der Waals surface area contributed by atoms with Crippen molar-refractivity contribution in [2.75, 3.05) is 6.54 Å². The van der Waals surface area contributed by atoms with Crippen LogP contribution in [0.3, 0.4) is 0 Å². The minimum atomic E-state index is -0.252. The van der Waals surface area contributed by atoms with E-state index in [1.165, 1.54) is 12.1 Å². The molecule has 0 radical (unpaired) electrons. The molecule has 5 heteroatoms. The minimum absolute atomic E-state index is 0.172. The highest BCUT2D eigenvalue weighted by Gasteiger charge is 2.13. The van der Waals surface area contributed by atoms with Crippen LogP contribution in [0.1, 0.15) is 28.1 Å². The molecule has 0 aliphatic heterocycles. The van der Waals surface area contributed by atoms with Gasteiger partial charge < -0.3 is 10.3 Å². The molecule has 1 aromatic carbocycles. The first-order chi connectivity index (χ1) is 12.5. The molecule has 134 valence electrons. The van der Waals surface area contributed by atoms with Crippen molar-refractivity contribution in [3.8, 4) is 0 Å². The Balaban J connectivity index is 1.65. The summed E-state index contributed by atoms with van der Waals surface area (Å²) in [5, 5.41) is 3.78. The van der Waals surface area contributed by atoms with Crippen molar-refractivity contribution in [1.29, 1.82) is 0 Å². The average molecular weight is 351 g/mol. The molecule has 2 N–H and O–H groups in total. The number of aromatic amines is 1. The number of H-pyrrole nitrogens is 1. The first-order valence-corrected chi connectivity index (χ1v) is 8.60. The smallest absolute Gasteiger partial charge is 0.244 e. The number of hydrogen-bond acceptors (Lipinski definition) is 2. The fraction of sp³-hybridized carbons (Fsp3) is 0.238. The topological polar surface area (TPSA) is 57.8 Å². The van der Waals surface area contributed by atoms with Gasteiger partial charge in [0.1, 0.15) is 5.82 Å². The van der Waals surface area contributed by atoms with Crippen LogP contribution in [0.5, 0.6) is 0 Å². The number of rotatable bonds is 5. The SMILES string of the molecule is Cc1ccnc(C=CC(=O)NCCc2c(C)[nH]c3c(F)ccc(C)c23)c1. The van der Waals surface area contributed by atoms with Crippen molar-refractivity contribution in [3.05, 3.63) is 70.4 Å². The average Bonchev–Trinajstić information content (AvgIpc) is 2.94. The number of amides is 1. The van der Waals surface area contributed by atoms with E-state index in [0.717, 1.165) is 33.5 Å². The lowest BCUT2D eigenvalue weighted by Gasteiger charge is -2.05. The Kier molecular flexibility index (Phi) is 5.16. The summed E-state index contributed by atoms with van der Waals surface area (Å²) in [6.45, 7) is 6.36. The van der Waals surface area contributed by atoms with Crippen molar-refractivity contribution in [3.63, 3.8) is 0 Å². The fourth-order valence-corrected chi connectivity index (χ4v) is 3.14. The molecule has 26 heavy (non-hydrogen) atoms. The second-order valence-corrected chi connectivity index (χ2v) is 6.48. The zero-order chi connectivity index (χ0) is 18.7. The lowest BCUT2D eigenvalue weighted by molar-refractivity contribution is -0.116. The quantitative estimate of drug-likeness (QED) is 0.683. The molecular weight excluding hydrogens is 329 g/mol. The van der Waals surface area contributed by atoms with Crippen LogP contribution in [0.4, 0.5) is 4.39 Å². The molecule has 3 rings (SSSR count). The predicted molar refractivity (Wildman–Crippen MR) is 102 cm³/mol. The van der Waals surface area contributed by atoms with E-state index in [4.69, 9.17) is 0 Å². The first-order valence-electron chi connectivity index (χ1n) is 8.60. The molecule has 2 heterocycles. The summed E-state index contributed by atoms with van der Waals surface area (Å²) in [5.41, 5.74) is 5.38. The van der Waals surface area contributed by atoms with Crippen molar-refractivity contribution >= 4 is 22.9 Å². The molecule has 0 unspecified atom stereocenters. The zero-order valence-electron chi connectivity index (χ0n) is 15.2. The molecule has 0 aliphatic rings. The molecule has 2 aromatic heterocycles. The van der Waals surface area contributed by atoms with Gasteiger partial charge in [-0.05, 0) is 68.2 Å². The Labute approximate surface area is 152 Å². The number of fused-ring (bicyclic) bond motifs is 1. The molecule has 4 nitrogen and oxygen atoms in total. The summed E-state index contributed by atoms with van der Waals surface area (Å²) in [7, 11) is 0. The third kappa shape index (κ3) is 3.82. The fourth-order valence-electron chi connectivity index (χ4n) is 3.14. The zero-order valence-corrected chi connectivity index (χ0v) is 15.2. The maximum Gasteiger partial charge on any atom is 0.244 e. The van der Waals surface area contributed by atoms with Gasteiger partial charge in [0.05, 0.1) is 11.2 Å². The van der Waals surface area contributed by atoms with E-state index < -0.39 is 0 Å². The standard InChI is InChI=1S/C21H22FN3O/c1-13-8-10-23-16(12-13)5-7-19(26)24-11-9-17-15(3)25-21-18(22)6-4-14(2)20(17)21/h4-8,10,12,25H,9,11H2,1-3H3,(H,24,26). The molecule has 0 fully saturated rings. The normalized spacial score (nSPS) is 11.4. The number of aryl methyl sites for hydroxylation is 3. The van der Waals surface area contributed by atoms with Crippen molar-refractivity contribution in [1.82, 2.24) is 15.3 Å². The van der Waals surface area contributed by atoms with Crippen LogP contribution in [0, 0.1) is 26.6 Å².